The Labute approximate surface area is 221 Å². The Balaban J connectivity index is 1.76. The van der Waals surface area contributed by atoms with E-state index in [9.17, 15) is 19.5 Å². The van der Waals surface area contributed by atoms with Gasteiger partial charge >= 0.3 is 5.69 Å². The van der Waals surface area contributed by atoms with Crippen molar-refractivity contribution in [1.29, 1.82) is 0 Å². The van der Waals surface area contributed by atoms with Crippen LogP contribution in [-0.2, 0) is 16.1 Å². The molecule has 11 nitrogen and oxygen atoms in total. The number of hydrogen-bond donors (Lipinski definition) is 1. The largest absolute Gasteiger partial charge is 0.496 e. The number of rotatable bonds is 9. The topological polar surface area (TPSA) is 129 Å². The van der Waals surface area contributed by atoms with Crippen LogP contribution in [0.3, 0.4) is 0 Å². The summed E-state index contributed by atoms with van der Waals surface area (Å²) in [6.45, 7) is 2.04. The number of methoxy groups -OCH3 is 1. The van der Waals surface area contributed by atoms with Gasteiger partial charge in [0, 0.05) is 19.2 Å². The van der Waals surface area contributed by atoms with Crippen LogP contribution in [0.15, 0.2) is 50.7 Å². The number of aliphatic hydroxyl groups excluding tert-OH is 1. The van der Waals surface area contributed by atoms with E-state index in [4.69, 9.17) is 13.9 Å². The number of benzene rings is 1. The number of nitrogens with zero attached hydrogens (tertiary/aromatic N) is 4. The van der Waals surface area contributed by atoms with Gasteiger partial charge in [-0.25, -0.2) is 14.3 Å². The number of aryl methyl sites for hydroxylation is 1. The Morgan fingerprint density at radius 1 is 1.26 bits per heavy atom. The summed E-state index contributed by atoms with van der Waals surface area (Å²) in [6, 6.07) is 6.36. The number of thiophene rings is 1. The van der Waals surface area contributed by atoms with E-state index in [-0.39, 0.29) is 25.7 Å². The molecule has 38 heavy (non-hydrogen) atoms. The van der Waals surface area contributed by atoms with Gasteiger partial charge in [0.25, 0.3) is 5.56 Å². The third kappa shape index (κ3) is 4.34. The number of para-hydroxylation sites is 1. The third-order valence-corrected chi connectivity index (χ3v) is 8.13. The minimum Gasteiger partial charge on any atom is -0.496 e. The molecular weight excluding hydrogens is 512 g/mol. The van der Waals surface area contributed by atoms with Crippen LogP contribution in [0.25, 0.3) is 21.0 Å². The van der Waals surface area contributed by atoms with Gasteiger partial charge in [0.15, 0.2) is 0 Å². The van der Waals surface area contributed by atoms with Crippen molar-refractivity contribution in [2.45, 2.75) is 32.0 Å². The summed E-state index contributed by atoms with van der Waals surface area (Å²) in [5.74, 6) is 0.611. The maximum Gasteiger partial charge on any atom is 0.332 e. The van der Waals surface area contributed by atoms with Crippen LogP contribution in [0.5, 0.6) is 5.75 Å². The van der Waals surface area contributed by atoms with Crippen LogP contribution in [0.1, 0.15) is 29.7 Å². The van der Waals surface area contributed by atoms with Gasteiger partial charge in [-0.2, -0.15) is 0 Å². The van der Waals surface area contributed by atoms with Crippen LogP contribution in [0, 0.1) is 6.92 Å². The average Bonchev–Trinajstić information content (AvgIpc) is 3.65. The predicted molar refractivity (Wildman–Crippen MR) is 141 cm³/mol. The van der Waals surface area contributed by atoms with E-state index in [1.807, 2.05) is 18.2 Å². The molecule has 1 aliphatic heterocycles. The molecule has 5 rings (SSSR count). The molecule has 2 atom stereocenters. The zero-order valence-electron chi connectivity index (χ0n) is 21.2. The Kier molecular flexibility index (Phi) is 7.19. The summed E-state index contributed by atoms with van der Waals surface area (Å²) in [7, 11) is 3.20. The van der Waals surface area contributed by atoms with E-state index in [0.29, 0.717) is 50.8 Å². The highest BCUT2D eigenvalue weighted by Crippen LogP contribution is 2.37. The number of carbonyl (C=O) groups is 1. The van der Waals surface area contributed by atoms with Crippen LogP contribution >= 0.6 is 11.3 Å². The summed E-state index contributed by atoms with van der Waals surface area (Å²) < 4.78 is 19.6. The summed E-state index contributed by atoms with van der Waals surface area (Å²) in [4.78, 5) is 47.6. The minimum absolute atomic E-state index is 0.0116. The average molecular weight is 541 g/mol. The smallest absolute Gasteiger partial charge is 0.332 e. The molecule has 4 aromatic rings. The van der Waals surface area contributed by atoms with Crippen molar-refractivity contribution in [2.75, 3.05) is 33.9 Å². The fraction of sp³-hybridized carbons (Fsp3) is 0.385. The molecule has 0 spiro atoms. The summed E-state index contributed by atoms with van der Waals surface area (Å²) in [5.41, 5.74) is 0.165. The standard InChI is InChI=1S/C26H28N4O7S/c1-15-20-24(33)30(17-8-10-28(2)23(17)32)26(34)29(25(20)38-21(15)22-27-9-12-37-22)14-19(36-13-11-31)16-6-4-5-7-18(16)35-3/h4-7,9,12,17,19,31H,8,10-11,13-14H2,1-3H3/t17?,19-/m0/s1. The van der Waals surface area contributed by atoms with Crippen LogP contribution in [0.4, 0.5) is 0 Å². The van der Waals surface area contributed by atoms with Crippen molar-refractivity contribution in [3.8, 4) is 16.5 Å². The molecule has 12 heteroatoms. The number of hydrogen-bond acceptors (Lipinski definition) is 9. The van der Waals surface area contributed by atoms with Gasteiger partial charge < -0.3 is 23.9 Å². The lowest BCUT2D eigenvalue weighted by Crippen LogP contribution is -2.44. The Hall–Kier alpha value is -3.74. The van der Waals surface area contributed by atoms with E-state index < -0.39 is 23.4 Å². The summed E-state index contributed by atoms with van der Waals surface area (Å²) in [5, 5.41) is 9.80. The Morgan fingerprint density at radius 2 is 2.05 bits per heavy atom. The molecule has 1 aliphatic rings. The lowest BCUT2D eigenvalue weighted by molar-refractivity contribution is -0.129. The molecule has 4 heterocycles. The molecular formula is C26H28N4O7S. The number of aromatic nitrogens is 3. The molecule has 1 unspecified atom stereocenters. The lowest BCUT2D eigenvalue weighted by atomic mass is 10.1. The molecule has 3 aromatic heterocycles. The predicted octanol–water partition coefficient (Wildman–Crippen LogP) is 2.35. The fourth-order valence-corrected chi connectivity index (χ4v) is 6.16. The number of ether oxygens (including phenoxy) is 2. The molecule has 200 valence electrons. The second kappa shape index (κ2) is 10.6. The van der Waals surface area contributed by atoms with E-state index in [2.05, 4.69) is 4.98 Å². The minimum atomic E-state index is -0.900. The van der Waals surface area contributed by atoms with Crippen LogP contribution in [-0.4, -0.2) is 63.9 Å². The molecule has 1 aromatic carbocycles. The van der Waals surface area contributed by atoms with Crippen molar-refractivity contribution < 1.29 is 23.8 Å². The fourth-order valence-electron chi connectivity index (χ4n) is 4.92. The Morgan fingerprint density at radius 3 is 2.71 bits per heavy atom. The van der Waals surface area contributed by atoms with E-state index >= 15 is 0 Å². The van der Waals surface area contributed by atoms with E-state index in [1.54, 1.807) is 27.1 Å². The van der Waals surface area contributed by atoms with Gasteiger partial charge in [0.1, 0.15) is 29.0 Å². The molecule has 1 N–H and O–H groups in total. The van der Waals surface area contributed by atoms with Gasteiger partial charge in [0.05, 0.1) is 43.3 Å². The molecule has 1 amide bonds. The van der Waals surface area contributed by atoms with Gasteiger partial charge in [0.2, 0.25) is 11.8 Å². The number of carbonyl (C=O) groups excluding carboxylic acids is 1. The summed E-state index contributed by atoms with van der Waals surface area (Å²) in [6.07, 6.45) is 2.61. The molecule has 0 aliphatic carbocycles. The second-order valence-corrected chi connectivity index (χ2v) is 10.0. The normalized spacial score (nSPS) is 16.5. The highest BCUT2D eigenvalue weighted by molar-refractivity contribution is 7.22. The number of likely N-dealkylation sites (N-methyl/N-ethyl adjacent to an activating group) is 1. The molecule has 0 radical (unpaired) electrons. The van der Waals surface area contributed by atoms with Gasteiger partial charge in [-0.05, 0) is 25.0 Å². The maximum atomic E-state index is 14.0. The zero-order valence-corrected chi connectivity index (χ0v) is 22.1. The quantitative estimate of drug-likeness (QED) is 0.343. The highest BCUT2D eigenvalue weighted by Gasteiger charge is 2.35. The molecule has 1 fully saturated rings. The van der Waals surface area contributed by atoms with E-state index in [1.165, 1.54) is 33.3 Å². The van der Waals surface area contributed by atoms with Crippen LogP contribution < -0.4 is 16.0 Å². The van der Waals surface area contributed by atoms with Gasteiger partial charge in [-0.15, -0.1) is 11.3 Å². The molecule has 0 saturated carbocycles. The first-order valence-electron chi connectivity index (χ1n) is 12.2. The highest BCUT2D eigenvalue weighted by atomic mass is 32.1. The second-order valence-electron chi connectivity index (χ2n) is 9.03. The number of oxazole rings is 1. The first-order valence-corrected chi connectivity index (χ1v) is 13.0. The number of amides is 1. The lowest BCUT2D eigenvalue weighted by Gasteiger charge is -2.23. The molecule has 0 bridgehead atoms. The Bertz CT molecular complexity index is 1590. The zero-order chi connectivity index (χ0) is 27.0. The first-order chi connectivity index (χ1) is 18.4. The third-order valence-electron chi connectivity index (χ3n) is 6.82. The van der Waals surface area contributed by atoms with Crippen LogP contribution in [0.2, 0.25) is 0 Å². The number of aliphatic hydroxyl groups is 1. The van der Waals surface area contributed by atoms with E-state index in [0.717, 1.165) is 4.57 Å². The van der Waals surface area contributed by atoms with Crippen molar-refractivity contribution in [2.24, 2.45) is 0 Å². The van der Waals surface area contributed by atoms with Crippen molar-refractivity contribution in [3.63, 3.8) is 0 Å². The number of fused-ring (bicyclic) bond motifs is 1. The molecule has 1 saturated heterocycles. The van der Waals surface area contributed by atoms with Gasteiger partial charge in [-0.3, -0.25) is 14.2 Å². The van der Waals surface area contributed by atoms with Crippen molar-refractivity contribution in [1.82, 2.24) is 19.0 Å². The maximum absolute atomic E-state index is 14.0. The van der Waals surface area contributed by atoms with Crippen molar-refractivity contribution in [3.05, 3.63) is 68.7 Å². The van der Waals surface area contributed by atoms with Gasteiger partial charge in [-0.1, -0.05) is 18.2 Å². The summed E-state index contributed by atoms with van der Waals surface area (Å²) >= 11 is 1.22. The van der Waals surface area contributed by atoms with Crippen molar-refractivity contribution >= 4 is 27.5 Å². The monoisotopic (exact) mass is 540 g/mol. The first kappa shape index (κ1) is 25.9. The SMILES string of the molecule is COc1ccccc1[C@H](Cn1c(=O)n(C2CCN(C)C2=O)c(=O)c2c(C)c(-c3ncco3)sc21)OCCO. The number of likely N-dealkylation sites (tertiary alicyclic amines) is 1.